The lowest BCUT2D eigenvalue weighted by Crippen LogP contribution is -1.98. The maximum absolute atomic E-state index is 12.4. The third-order valence-corrected chi connectivity index (χ3v) is 3.87. The van der Waals surface area contributed by atoms with E-state index in [0.29, 0.717) is 17.5 Å². The summed E-state index contributed by atoms with van der Waals surface area (Å²) in [5.41, 5.74) is 3.41. The van der Waals surface area contributed by atoms with Crippen LogP contribution in [-0.4, -0.2) is 5.78 Å². The smallest absolute Gasteiger partial charge is 0.237 e. The molecule has 0 saturated heterocycles. The van der Waals surface area contributed by atoms with Crippen molar-refractivity contribution in [2.45, 2.75) is 12.8 Å². The van der Waals surface area contributed by atoms with Crippen molar-refractivity contribution in [2.24, 2.45) is 0 Å². The molecular weight excluding hydrogens is 316 g/mol. The Balaban J connectivity index is 1.71. The van der Waals surface area contributed by atoms with Gasteiger partial charge in [-0.15, -0.1) is 0 Å². The fourth-order valence-corrected chi connectivity index (χ4v) is 2.51. The highest BCUT2D eigenvalue weighted by Crippen LogP contribution is 2.09. The fourth-order valence-electron chi connectivity index (χ4n) is 2.51. The molecule has 0 aliphatic heterocycles. The Morgan fingerprint density at radius 3 is 2.15 bits per heavy atom. The molecule has 0 aromatic heterocycles. The van der Waals surface area contributed by atoms with E-state index in [-0.39, 0.29) is 5.78 Å². The summed E-state index contributed by atoms with van der Waals surface area (Å²) in [6.45, 7) is 0. The highest BCUT2D eigenvalue weighted by Gasteiger charge is 2.06. The summed E-state index contributed by atoms with van der Waals surface area (Å²) in [6.07, 6.45) is 1.50. The van der Waals surface area contributed by atoms with Crippen molar-refractivity contribution < 1.29 is 4.79 Å². The second kappa shape index (κ2) is 9.07. The van der Waals surface area contributed by atoms with Crippen molar-refractivity contribution >= 4 is 5.78 Å². The molecule has 0 aliphatic carbocycles. The van der Waals surface area contributed by atoms with Crippen LogP contribution in [-0.2, 0) is 6.42 Å². The predicted octanol–water partition coefficient (Wildman–Crippen LogP) is 4.91. The first-order valence-corrected chi connectivity index (χ1v) is 8.56. The van der Waals surface area contributed by atoms with Crippen LogP contribution in [0.2, 0.25) is 0 Å². The SMILES string of the molecule is O=C(C#CCCc1ccccc1)c1ccccc1C#Cc1ccccc1. The Labute approximate surface area is 154 Å². The second-order valence-electron chi connectivity index (χ2n) is 5.78. The van der Waals surface area contributed by atoms with Gasteiger partial charge >= 0.3 is 0 Å². The first kappa shape index (κ1) is 17.3. The number of benzene rings is 3. The standard InChI is InChI=1S/C25H18O/c26-25(18-10-7-15-21-11-3-1-4-12-21)24-17-9-8-16-23(24)20-19-22-13-5-2-6-14-22/h1-6,8-9,11-14,16-17H,7,15H2. The number of hydrogen-bond acceptors (Lipinski definition) is 1. The average molecular weight is 334 g/mol. The monoisotopic (exact) mass is 334 g/mol. The molecule has 0 N–H and O–H groups in total. The van der Waals surface area contributed by atoms with Gasteiger partial charge in [0.05, 0.1) is 0 Å². The number of aryl methyl sites for hydroxylation is 1. The van der Waals surface area contributed by atoms with E-state index in [1.54, 1.807) is 6.07 Å². The summed E-state index contributed by atoms with van der Waals surface area (Å²) in [6, 6.07) is 27.2. The number of carbonyl (C=O) groups excluding carboxylic acids is 1. The van der Waals surface area contributed by atoms with Gasteiger partial charge in [0.25, 0.3) is 0 Å². The van der Waals surface area contributed by atoms with Crippen LogP contribution in [0.3, 0.4) is 0 Å². The maximum Gasteiger partial charge on any atom is 0.237 e. The predicted molar refractivity (Wildman–Crippen MR) is 106 cm³/mol. The first-order valence-electron chi connectivity index (χ1n) is 8.56. The molecule has 0 bridgehead atoms. The summed E-state index contributed by atoms with van der Waals surface area (Å²) < 4.78 is 0. The quantitative estimate of drug-likeness (QED) is 0.378. The topological polar surface area (TPSA) is 17.1 Å². The van der Waals surface area contributed by atoms with E-state index in [9.17, 15) is 4.79 Å². The Kier molecular flexibility index (Phi) is 6.03. The fraction of sp³-hybridized carbons (Fsp3) is 0.0800. The Morgan fingerprint density at radius 2 is 1.38 bits per heavy atom. The van der Waals surface area contributed by atoms with Crippen LogP contribution in [0.1, 0.15) is 33.5 Å². The molecule has 0 radical (unpaired) electrons. The van der Waals surface area contributed by atoms with Crippen LogP contribution in [0.4, 0.5) is 0 Å². The van der Waals surface area contributed by atoms with E-state index >= 15 is 0 Å². The molecule has 0 atom stereocenters. The van der Waals surface area contributed by atoms with Gasteiger partial charge in [0.15, 0.2) is 0 Å². The van der Waals surface area contributed by atoms with Crippen LogP contribution in [0.5, 0.6) is 0 Å². The normalized spacial score (nSPS) is 9.38. The lowest BCUT2D eigenvalue weighted by Gasteiger charge is -1.98. The van der Waals surface area contributed by atoms with Crippen LogP contribution in [0.15, 0.2) is 84.9 Å². The van der Waals surface area contributed by atoms with Gasteiger partial charge in [-0.25, -0.2) is 0 Å². The van der Waals surface area contributed by atoms with Crippen LogP contribution >= 0.6 is 0 Å². The van der Waals surface area contributed by atoms with Crippen LogP contribution < -0.4 is 0 Å². The Morgan fingerprint density at radius 1 is 0.731 bits per heavy atom. The summed E-state index contributed by atoms with van der Waals surface area (Å²) in [5, 5.41) is 0. The zero-order valence-corrected chi connectivity index (χ0v) is 14.4. The minimum atomic E-state index is -0.184. The molecule has 0 heterocycles. The first-order chi connectivity index (χ1) is 12.8. The van der Waals surface area contributed by atoms with Gasteiger partial charge in [-0.1, -0.05) is 78.4 Å². The van der Waals surface area contributed by atoms with E-state index in [1.807, 2.05) is 66.7 Å². The van der Waals surface area contributed by atoms with E-state index in [0.717, 1.165) is 12.0 Å². The van der Waals surface area contributed by atoms with Gasteiger partial charge in [-0.3, -0.25) is 4.79 Å². The summed E-state index contributed by atoms with van der Waals surface area (Å²) >= 11 is 0. The van der Waals surface area contributed by atoms with Gasteiger partial charge in [0.2, 0.25) is 5.78 Å². The lowest BCUT2D eigenvalue weighted by molar-refractivity contribution is 0.105. The van der Waals surface area contributed by atoms with Gasteiger partial charge in [-0.05, 0) is 42.2 Å². The Hall–Kier alpha value is -3.55. The molecule has 1 nitrogen and oxygen atoms in total. The van der Waals surface area contributed by atoms with Crippen molar-refractivity contribution in [1.29, 1.82) is 0 Å². The number of hydrogen-bond donors (Lipinski definition) is 0. The molecule has 3 aromatic rings. The van der Waals surface area contributed by atoms with Crippen molar-refractivity contribution in [3.8, 4) is 23.7 Å². The molecular formula is C25H18O. The molecule has 0 spiro atoms. The molecule has 124 valence electrons. The molecule has 3 aromatic carbocycles. The molecule has 0 fully saturated rings. The van der Waals surface area contributed by atoms with Crippen LogP contribution in [0.25, 0.3) is 0 Å². The van der Waals surface area contributed by atoms with Crippen molar-refractivity contribution in [3.63, 3.8) is 0 Å². The van der Waals surface area contributed by atoms with E-state index in [2.05, 4.69) is 35.8 Å². The average Bonchev–Trinajstić information content (AvgIpc) is 2.71. The third-order valence-electron chi connectivity index (χ3n) is 3.87. The summed E-state index contributed by atoms with van der Waals surface area (Å²) in [7, 11) is 0. The van der Waals surface area contributed by atoms with Gasteiger partial charge in [0, 0.05) is 23.1 Å². The Bertz CT molecular complexity index is 994. The van der Waals surface area contributed by atoms with E-state index < -0.39 is 0 Å². The highest BCUT2D eigenvalue weighted by atomic mass is 16.1. The third kappa shape index (κ3) is 4.97. The van der Waals surface area contributed by atoms with Crippen molar-refractivity contribution in [1.82, 2.24) is 0 Å². The second-order valence-corrected chi connectivity index (χ2v) is 5.78. The largest absolute Gasteiger partial charge is 0.279 e. The van der Waals surface area contributed by atoms with Gasteiger partial charge < -0.3 is 0 Å². The number of ketones is 1. The van der Waals surface area contributed by atoms with E-state index in [1.165, 1.54) is 5.56 Å². The number of Topliss-reactive ketones (excluding diaryl/α,β-unsaturated/α-hetero) is 1. The molecule has 0 unspecified atom stereocenters. The van der Waals surface area contributed by atoms with E-state index in [4.69, 9.17) is 0 Å². The number of carbonyl (C=O) groups is 1. The molecule has 3 rings (SSSR count). The number of rotatable bonds is 3. The zero-order chi connectivity index (χ0) is 18.0. The van der Waals surface area contributed by atoms with Crippen molar-refractivity contribution in [2.75, 3.05) is 0 Å². The van der Waals surface area contributed by atoms with Gasteiger partial charge in [0.1, 0.15) is 0 Å². The maximum atomic E-state index is 12.4. The molecule has 1 heteroatoms. The molecule has 0 aliphatic rings. The molecule has 26 heavy (non-hydrogen) atoms. The summed E-state index contributed by atoms with van der Waals surface area (Å²) in [4.78, 5) is 12.4. The summed E-state index contributed by atoms with van der Waals surface area (Å²) in [5.74, 6) is 11.7. The van der Waals surface area contributed by atoms with Crippen LogP contribution in [0, 0.1) is 23.7 Å². The molecule has 0 saturated carbocycles. The zero-order valence-electron chi connectivity index (χ0n) is 14.4. The van der Waals surface area contributed by atoms with Gasteiger partial charge in [-0.2, -0.15) is 0 Å². The molecule has 0 amide bonds. The lowest BCUT2D eigenvalue weighted by atomic mass is 10.0. The van der Waals surface area contributed by atoms with Crippen molar-refractivity contribution in [3.05, 3.63) is 107 Å². The minimum Gasteiger partial charge on any atom is -0.279 e. The minimum absolute atomic E-state index is 0.184. The highest BCUT2D eigenvalue weighted by molar-refractivity contribution is 6.10.